The zero-order valence-corrected chi connectivity index (χ0v) is 13.5. The van der Waals surface area contributed by atoms with E-state index in [9.17, 15) is 28.1 Å². The van der Waals surface area contributed by atoms with Crippen molar-refractivity contribution in [2.75, 3.05) is 6.61 Å². The number of alkyl halides is 3. The molecule has 1 aliphatic heterocycles. The van der Waals surface area contributed by atoms with Gasteiger partial charge in [0.2, 0.25) is 0 Å². The molecule has 2 N–H and O–H groups in total. The number of carbonyl (C=O) groups excluding carboxylic acids is 1. The van der Waals surface area contributed by atoms with Crippen molar-refractivity contribution >= 4 is 29.0 Å². The van der Waals surface area contributed by atoms with Gasteiger partial charge in [0.05, 0.1) is 23.1 Å². The number of allylic oxidation sites excluding steroid dienone is 1. The fourth-order valence-electron chi connectivity index (χ4n) is 2.28. The van der Waals surface area contributed by atoms with E-state index in [0.29, 0.717) is 0 Å². The zero-order valence-electron chi connectivity index (χ0n) is 12.7. The van der Waals surface area contributed by atoms with E-state index in [4.69, 9.17) is 17.0 Å². The van der Waals surface area contributed by atoms with Crippen LogP contribution in [0.5, 0.6) is 0 Å². The molecule has 1 aromatic rings. The van der Waals surface area contributed by atoms with Crippen LogP contribution in [-0.4, -0.2) is 28.8 Å². The highest BCUT2D eigenvalue weighted by atomic mass is 32.1. The number of nitrogens with zero attached hydrogens (tertiary/aromatic N) is 1. The minimum Gasteiger partial charge on any atom is -0.463 e. The van der Waals surface area contributed by atoms with Crippen molar-refractivity contribution in [2.24, 2.45) is 0 Å². The van der Waals surface area contributed by atoms with Gasteiger partial charge in [0.15, 0.2) is 5.11 Å². The molecular formula is C14H12F3N3O4S. The zero-order chi connectivity index (χ0) is 18.8. The van der Waals surface area contributed by atoms with Crippen molar-refractivity contribution < 1.29 is 27.6 Å². The summed E-state index contributed by atoms with van der Waals surface area (Å²) in [6.45, 7) is 1.31. The maximum absolute atomic E-state index is 13.3. The van der Waals surface area contributed by atoms with E-state index >= 15 is 0 Å². The first-order chi connectivity index (χ1) is 11.6. The van der Waals surface area contributed by atoms with Crippen LogP contribution >= 0.6 is 12.2 Å². The topological polar surface area (TPSA) is 93.5 Å². The average Bonchev–Trinajstić information content (AvgIpc) is 2.53. The van der Waals surface area contributed by atoms with Gasteiger partial charge < -0.3 is 15.4 Å². The Balaban J connectivity index is 2.64. The Labute approximate surface area is 145 Å². The predicted molar refractivity (Wildman–Crippen MR) is 84.4 cm³/mol. The van der Waals surface area contributed by atoms with Crippen molar-refractivity contribution in [1.29, 1.82) is 0 Å². The van der Waals surface area contributed by atoms with Gasteiger partial charge in [-0.2, -0.15) is 13.2 Å². The smallest absolute Gasteiger partial charge is 0.431 e. The summed E-state index contributed by atoms with van der Waals surface area (Å²) in [6, 6.07) is 3.56. The number of ether oxygens (including phenoxy) is 1. The van der Waals surface area contributed by atoms with E-state index in [0.717, 1.165) is 6.07 Å². The van der Waals surface area contributed by atoms with Gasteiger partial charge in [-0.05, 0) is 24.7 Å². The van der Waals surface area contributed by atoms with Crippen LogP contribution in [0.15, 0.2) is 35.5 Å². The lowest BCUT2D eigenvalue weighted by Gasteiger charge is -2.31. The molecule has 1 aliphatic rings. The van der Waals surface area contributed by atoms with Gasteiger partial charge in [0, 0.05) is 12.1 Å². The molecule has 0 saturated carbocycles. The summed E-state index contributed by atoms with van der Waals surface area (Å²) in [7, 11) is 0. The number of rotatable bonds is 4. The van der Waals surface area contributed by atoms with Crippen LogP contribution in [0.2, 0.25) is 0 Å². The molecular weight excluding hydrogens is 363 g/mol. The molecule has 25 heavy (non-hydrogen) atoms. The fourth-order valence-corrected chi connectivity index (χ4v) is 2.50. The fraction of sp³-hybridized carbons (Fsp3) is 0.286. The van der Waals surface area contributed by atoms with Gasteiger partial charge in [0.1, 0.15) is 5.70 Å². The van der Waals surface area contributed by atoms with Crippen LogP contribution in [0, 0.1) is 10.1 Å². The summed E-state index contributed by atoms with van der Waals surface area (Å²) in [5.41, 5.74) is -2.36. The van der Waals surface area contributed by atoms with Crippen molar-refractivity contribution in [1.82, 2.24) is 10.6 Å². The predicted octanol–water partition coefficient (Wildman–Crippen LogP) is 2.49. The third kappa shape index (κ3) is 4.05. The Kier molecular flexibility index (Phi) is 5.26. The molecule has 0 saturated heterocycles. The van der Waals surface area contributed by atoms with Crippen LogP contribution in [-0.2, 0) is 9.53 Å². The highest BCUT2D eigenvalue weighted by molar-refractivity contribution is 7.80. The van der Waals surface area contributed by atoms with E-state index in [1.165, 1.54) is 25.1 Å². The Morgan fingerprint density at radius 2 is 2.12 bits per heavy atom. The first-order valence-electron chi connectivity index (χ1n) is 6.95. The van der Waals surface area contributed by atoms with E-state index < -0.39 is 34.4 Å². The van der Waals surface area contributed by atoms with Crippen molar-refractivity contribution in [3.8, 4) is 0 Å². The van der Waals surface area contributed by atoms with E-state index in [-0.39, 0.29) is 23.0 Å². The number of nitro benzene ring substituents is 1. The maximum atomic E-state index is 13.3. The summed E-state index contributed by atoms with van der Waals surface area (Å²) in [5, 5.41) is 15.0. The standard InChI is InChI=1S/C14H12F3N3O4S/c1-2-24-12(21)9-10(7-4-3-5-8(6-7)20(22)23)18-13(25)19-11(9)14(15,16)17/h3-6,10H,2H2,1H3,(H2,18,19,25). The molecule has 134 valence electrons. The first kappa shape index (κ1) is 18.6. The van der Waals surface area contributed by atoms with E-state index in [2.05, 4.69) is 5.32 Å². The average molecular weight is 375 g/mol. The number of benzene rings is 1. The molecule has 0 fully saturated rings. The van der Waals surface area contributed by atoms with Crippen molar-refractivity contribution in [2.45, 2.75) is 19.1 Å². The number of halogens is 3. The summed E-state index contributed by atoms with van der Waals surface area (Å²) in [4.78, 5) is 22.3. The van der Waals surface area contributed by atoms with Crippen molar-refractivity contribution in [3.63, 3.8) is 0 Å². The lowest BCUT2D eigenvalue weighted by Crippen LogP contribution is -2.49. The highest BCUT2D eigenvalue weighted by Crippen LogP contribution is 2.36. The molecule has 1 aromatic carbocycles. The van der Waals surface area contributed by atoms with Gasteiger partial charge >= 0.3 is 12.1 Å². The lowest BCUT2D eigenvalue weighted by atomic mass is 9.94. The Hall–Kier alpha value is -2.69. The molecule has 0 amide bonds. The minimum atomic E-state index is -4.90. The molecule has 1 heterocycles. The number of non-ortho nitro benzene ring substituents is 1. The summed E-state index contributed by atoms with van der Waals surface area (Å²) in [5.74, 6) is -1.20. The molecule has 7 nitrogen and oxygen atoms in total. The van der Waals surface area contributed by atoms with Crippen LogP contribution in [0.4, 0.5) is 18.9 Å². The normalized spacial score (nSPS) is 17.6. The molecule has 0 aromatic heterocycles. The van der Waals surface area contributed by atoms with Crippen LogP contribution in [0.1, 0.15) is 18.5 Å². The Bertz CT molecular complexity index is 764. The number of hydrogen-bond donors (Lipinski definition) is 2. The van der Waals surface area contributed by atoms with E-state index in [1.807, 2.05) is 5.32 Å². The van der Waals surface area contributed by atoms with Gasteiger partial charge in [-0.15, -0.1) is 0 Å². The minimum absolute atomic E-state index is 0.0721. The SMILES string of the molecule is CCOC(=O)C1=C(C(F)(F)F)NC(=S)NC1c1cccc([N+](=O)[O-])c1. The third-order valence-electron chi connectivity index (χ3n) is 3.27. The number of nitrogens with one attached hydrogen (secondary N) is 2. The Morgan fingerprint density at radius 3 is 2.68 bits per heavy atom. The maximum Gasteiger partial charge on any atom is 0.431 e. The van der Waals surface area contributed by atoms with E-state index in [1.54, 1.807) is 0 Å². The highest BCUT2D eigenvalue weighted by Gasteiger charge is 2.45. The third-order valence-corrected chi connectivity index (χ3v) is 3.49. The van der Waals surface area contributed by atoms with Gasteiger partial charge in [-0.3, -0.25) is 10.1 Å². The summed E-state index contributed by atoms with van der Waals surface area (Å²) < 4.78 is 44.7. The Morgan fingerprint density at radius 1 is 1.44 bits per heavy atom. The van der Waals surface area contributed by atoms with Crippen LogP contribution in [0.25, 0.3) is 0 Å². The number of nitro groups is 1. The quantitative estimate of drug-likeness (QED) is 0.361. The van der Waals surface area contributed by atoms with Crippen LogP contribution in [0.3, 0.4) is 0 Å². The second kappa shape index (κ2) is 7.05. The number of esters is 1. The van der Waals surface area contributed by atoms with Crippen LogP contribution < -0.4 is 10.6 Å². The first-order valence-corrected chi connectivity index (χ1v) is 7.36. The molecule has 0 spiro atoms. The summed E-state index contributed by atoms with van der Waals surface area (Å²) in [6.07, 6.45) is -4.90. The molecule has 0 radical (unpaired) electrons. The number of carbonyl (C=O) groups is 1. The van der Waals surface area contributed by atoms with Crippen molar-refractivity contribution in [3.05, 3.63) is 51.2 Å². The van der Waals surface area contributed by atoms with Gasteiger partial charge in [-0.25, -0.2) is 4.79 Å². The monoisotopic (exact) mass is 375 g/mol. The second-order valence-electron chi connectivity index (χ2n) is 4.89. The van der Waals surface area contributed by atoms with Gasteiger partial charge in [-0.1, -0.05) is 12.1 Å². The summed E-state index contributed by atoms with van der Waals surface area (Å²) >= 11 is 4.77. The number of thiocarbonyl (C=S) groups is 1. The molecule has 0 bridgehead atoms. The molecule has 2 rings (SSSR count). The largest absolute Gasteiger partial charge is 0.463 e. The second-order valence-corrected chi connectivity index (χ2v) is 5.30. The molecule has 0 aliphatic carbocycles. The van der Waals surface area contributed by atoms with Gasteiger partial charge in [0.25, 0.3) is 5.69 Å². The lowest BCUT2D eigenvalue weighted by molar-refractivity contribution is -0.384. The molecule has 11 heteroatoms. The molecule has 1 atom stereocenters. The number of hydrogen-bond acceptors (Lipinski definition) is 5. The molecule has 1 unspecified atom stereocenters.